The molecule has 0 aliphatic heterocycles. The van der Waals surface area contributed by atoms with Crippen LogP contribution >= 0.6 is 0 Å². The monoisotopic (exact) mass is 369 g/mol. The molecule has 25 heavy (non-hydrogen) atoms. The van der Waals surface area contributed by atoms with Gasteiger partial charge in [-0.15, -0.1) is 0 Å². The Morgan fingerprint density at radius 2 is 1.40 bits per heavy atom. The number of carbonyl (C=O) groups is 4. The van der Waals surface area contributed by atoms with Gasteiger partial charge in [-0.2, -0.15) is 0 Å². The molecular formula is C14H31N3O8. The number of carboxylic acids is 3. The van der Waals surface area contributed by atoms with Crippen LogP contribution in [0.15, 0.2) is 4.99 Å². The number of aldehydes is 1. The van der Waals surface area contributed by atoms with Gasteiger partial charge in [-0.3, -0.25) is 19.4 Å². The Bertz CT molecular complexity index is 336. The molecule has 0 atom stereocenters. The van der Waals surface area contributed by atoms with E-state index in [4.69, 9.17) is 25.2 Å². The first-order valence-corrected chi connectivity index (χ1v) is 7.15. The molecular weight excluding hydrogens is 338 g/mol. The lowest BCUT2D eigenvalue weighted by Gasteiger charge is -1.90. The lowest BCUT2D eigenvalue weighted by molar-refractivity contribution is -0.136. The Morgan fingerprint density at radius 3 is 1.48 bits per heavy atom. The molecule has 7 N–H and O–H groups in total. The quantitative estimate of drug-likeness (QED) is 0.251. The van der Waals surface area contributed by atoms with Crippen molar-refractivity contribution in [3.63, 3.8) is 0 Å². The summed E-state index contributed by atoms with van der Waals surface area (Å²) in [7, 11) is 0. The smallest absolute Gasteiger partial charge is 0.325 e. The fraction of sp³-hybridized carbons (Fsp3) is 0.643. The van der Waals surface area contributed by atoms with E-state index in [2.05, 4.69) is 16.0 Å². The zero-order chi connectivity index (χ0) is 21.1. The Hall–Kier alpha value is -2.37. The molecule has 150 valence electrons. The molecule has 0 aromatic rings. The molecule has 0 heterocycles. The summed E-state index contributed by atoms with van der Waals surface area (Å²) in [6.07, 6.45) is 2.22. The standard InChI is InChI=1S/C4H9NO2.C4H7NO2.C2H5NO2.C2H6O.C2H4O/c2*1-2-5-3-4(6)7;3-1-2(4)5;2*1-2-3/h5H,2-3H2,1H3,(H,6,7);2H,3H2,1H3,(H,6,7);1,3H2,(H,4,5);3H,2H2,1H3;2H,1H3. The lowest BCUT2D eigenvalue weighted by atomic mass is 10.6. The second-order valence-electron chi connectivity index (χ2n) is 3.32. The number of nitrogens with zero attached hydrogens (tertiary/aromatic N) is 1. The summed E-state index contributed by atoms with van der Waals surface area (Å²) in [5, 5.41) is 33.7. The van der Waals surface area contributed by atoms with Crippen LogP contribution in [0.2, 0.25) is 0 Å². The molecule has 0 aromatic heterocycles. The van der Waals surface area contributed by atoms with Crippen LogP contribution in [-0.2, 0) is 19.2 Å². The average Bonchev–Trinajstić information content (AvgIpc) is 2.53. The van der Waals surface area contributed by atoms with Gasteiger partial charge in [0.05, 0.1) is 13.1 Å². The molecule has 0 radical (unpaired) electrons. The SMILES string of the molecule is CC=NCC(=O)O.CC=O.CCNCC(=O)O.CCO.NCC(=O)O. The van der Waals surface area contributed by atoms with Crippen molar-refractivity contribution in [1.29, 1.82) is 0 Å². The van der Waals surface area contributed by atoms with Crippen LogP contribution in [0.3, 0.4) is 0 Å². The van der Waals surface area contributed by atoms with Crippen molar-refractivity contribution in [3.05, 3.63) is 0 Å². The number of hydrogen-bond donors (Lipinski definition) is 6. The number of aliphatic imine (C=N–C) groups is 1. The molecule has 11 nitrogen and oxygen atoms in total. The van der Waals surface area contributed by atoms with Crippen LogP contribution in [0.25, 0.3) is 0 Å². The fourth-order valence-electron chi connectivity index (χ4n) is 0.401. The van der Waals surface area contributed by atoms with Crippen molar-refractivity contribution in [2.45, 2.75) is 27.7 Å². The average molecular weight is 369 g/mol. The van der Waals surface area contributed by atoms with Crippen molar-refractivity contribution in [2.75, 3.05) is 32.8 Å². The van der Waals surface area contributed by atoms with Gasteiger partial charge in [0.15, 0.2) is 0 Å². The molecule has 0 bridgehead atoms. The molecule has 0 rings (SSSR count). The van der Waals surface area contributed by atoms with E-state index in [9.17, 15) is 14.4 Å². The van der Waals surface area contributed by atoms with Crippen molar-refractivity contribution in [1.82, 2.24) is 5.32 Å². The Labute approximate surface area is 147 Å². The Kier molecular flexibility index (Phi) is 51.3. The number of nitrogens with one attached hydrogen (secondary N) is 1. The first kappa shape index (κ1) is 34.1. The van der Waals surface area contributed by atoms with Crippen LogP contribution in [-0.4, -0.2) is 83.6 Å². The summed E-state index contributed by atoms with van der Waals surface area (Å²) >= 11 is 0. The summed E-state index contributed by atoms with van der Waals surface area (Å²) in [6.45, 7) is 7.31. The zero-order valence-corrected chi connectivity index (χ0v) is 15.1. The molecule has 0 saturated heterocycles. The highest BCUT2D eigenvalue weighted by Crippen LogP contribution is 1.64. The van der Waals surface area contributed by atoms with Gasteiger partial charge in [0, 0.05) is 6.61 Å². The van der Waals surface area contributed by atoms with Crippen molar-refractivity contribution in [3.8, 4) is 0 Å². The van der Waals surface area contributed by atoms with Gasteiger partial charge in [0.25, 0.3) is 0 Å². The van der Waals surface area contributed by atoms with E-state index in [1.165, 1.54) is 13.1 Å². The minimum Gasteiger partial charge on any atom is -0.480 e. The van der Waals surface area contributed by atoms with Crippen LogP contribution in [0, 0.1) is 0 Å². The first-order chi connectivity index (χ1) is 11.6. The molecule has 11 heteroatoms. The van der Waals surface area contributed by atoms with E-state index in [1.54, 1.807) is 13.8 Å². The first-order valence-electron chi connectivity index (χ1n) is 7.15. The maximum Gasteiger partial charge on any atom is 0.325 e. The van der Waals surface area contributed by atoms with Gasteiger partial charge in [-0.05, 0) is 33.5 Å². The number of rotatable bonds is 6. The number of nitrogens with two attached hydrogens (primary N) is 1. The third kappa shape index (κ3) is 143. The van der Waals surface area contributed by atoms with Crippen LogP contribution in [0.4, 0.5) is 0 Å². The number of hydrogen-bond acceptors (Lipinski definition) is 8. The second-order valence-corrected chi connectivity index (χ2v) is 3.32. The highest BCUT2D eigenvalue weighted by molar-refractivity contribution is 5.71. The highest BCUT2D eigenvalue weighted by Gasteiger charge is 1.89. The summed E-state index contributed by atoms with van der Waals surface area (Å²) < 4.78 is 0. The molecule has 0 spiro atoms. The summed E-state index contributed by atoms with van der Waals surface area (Å²) in [5.41, 5.74) is 4.57. The van der Waals surface area contributed by atoms with E-state index in [0.717, 1.165) is 6.29 Å². The molecule has 0 aliphatic rings. The van der Waals surface area contributed by atoms with Crippen molar-refractivity contribution in [2.24, 2.45) is 10.7 Å². The summed E-state index contributed by atoms with van der Waals surface area (Å²) in [5.74, 6) is -2.66. The molecule has 0 amide bonds. The van der Waals surface area contributed by atoms with Gasteiger partial charge >= 0.3 is 17.9 Å². The minimum atomic E-state index is -0.968. The van der Waals surface area contributed by atoms with Gasteiger partial charge in [0.1, 0.15) is 12.8 Å². The van der Waals surface area contributed by atoms with Crippen molar-refractivity contribution < 1.29 is 39.6 Å². The van der Waals surface area contributed by atoms with Crippen LogP contribution in [0.5, 0.6) is 0 Å². The normalized spacial score (nSPS) is 7.92. The predicted molar refractivity (Wildman–Crippen MR) is 94.0 cm³/mol. The minimum absolute atomic E-state index is 0.0660. The highest BCUT2D eigenvalue weighted by atomic mass is 16.4. The number of aliphatic carboxylic acids is 3. The maximum absolute atomic E-state index is 9.70. The maximum atomic E-state index is 9.70. The van der Waals surface area contributed by atoms with Crippen LogP contribution in [0.1, 0.15) is 27.7 Å². The predicted octanol–water partition coefficient (Wildman–Crippen LogP) is -0.924. The van der Waals surface area contributed by atoms with Gasteiger partial charge in [0.2, 0.25) is 0 Å². The van der Waals surface area contributed by atoms with Crippen LogP contribution < -0.4 is 11.1 Å². The second kappa shape index (κ2) is 37.7. The molecule has 0 aromatic carbocycles. The third-order valence-corrected chi connectivity index (χ3v) is 1.11. The summed E-state index contributed by atoms with van der Waals surface area (Å²) in [6, 6.07) is 0. The number of aliphatic hydroxyl groups is 1. The number of likely N-dealkylation sites (N-methyl/N-ethyl adjacent to an activating group) is 1. The van der Waals surface area contributed by atoms with E-state index in [-0.39, 0.29) is 26.2 Å². The lowest BCUT2D eigenvalue weighted by Crippen LogP contribution is -2.21. The van der Waals surface area contributed by atoms with E-state index >= 15 is 0 Å². The largest absolute Gasteiger partial charge is 0.480 e. The van der Waals surface area contributed by atoms with E-state index in [0.29, 0.717) is 6.54 Å². The molecule has 0 fully saturated rings. The number of carboxylic acid groups (broad SMARTS) is 3. The topological polar surface area (TPSA) is 200 Å². The number of aliphatic hydroxyl groups excluding tert-OH is 1. The molecule has 0 unspecified atom stereocenters. The van der Waals surface area contributed by atoms with Gasteiger partial charge < -0.3 is 36.3 Å². The zero-order valence-electron chi connectivity index (χ0n) is 15.1. The van der Waals surface area contributed by atoms with Crippen molar-refractivity contribution >= 4 is 30.4 Å². The molecule has 0 saturated carbocycles. The van der Waals surface area contributed by atoms with E-state index in [1.807, 2.05) is 6.92 Å². The van der Waals surface area contributed by atoms with E-state index < -0.39 is 17.9 Å². The van der Waals surface area contributed by atoms with Gasteiger partial charge in [-0.1, -0.05) is 6.92 Å². The Morgan fingerprint density at radius 1 is 1.04 bits per heavy atom. The summed E-state index contributed by atoms with van der Waals surface area (Å²) in [4.78, 5) is 40.8. The molecule has 0 aliphatic carbocycles. The third-order valence-electron chi connectivity index (χ3n) is 1.11. The Balaban J connectivity index is -0.0000000699. The fourth-order valence-corrected chi connectivity index (χ4v) is 0.401. The van der Waals surface area contributed by atoms with Gasteiger partial charge in [-0.25, -0.2) is 0 Å². The number of carbonyl (C=O) groups excluding carboxylic acids is 1.